The molecule has 0 aromatic rings. The zero-order valence-electron chi connectivity index (χ0n) is 28.5. The third kappa shape index (κ3) is 37.4. The van der Waals surface area contributed by atoms with Crippen molar-refractivity contribution in [3.63, 3.8) is 0 Å². The van der Waals surface area contributed by atoms with Crippen LogP contribution in [0.4, 0.5) is 0 Å². The average Bonchev–Trinajstić information content (AvgIpc) is 3.51. The number of amidine groups is 1. The first kappa shape index (κ1) is 41.6. The average molecular weight is 567 g/mol. The second-order valence-corrected chi connectivity index (χ2v) is 11.9. The molecule has 0 amide bonds. The quantitative estimate of drug-likeness (QED) is 0.0884. The lowest BCUT2D eigenvalue weighted by atomic mass is 10.0. The van der Waals surface area contributed by atoms with Crippen LogP contribution in [0, 0.1) is 0 Å². The largest absolute Gasteiger partial charge is 0.396 e. The first-order valence-electron chi connectivity index (χ1n) is 18.7. The van der Waals surface area contributed by atoms with Crippen LogP contribution in [0.3, 0.4) is 0 Å². The van der Waals surface area contributed by atoms with E-state index in [0.29, 0.717) is 6.61 Å². The number of hydrogen-bond acceptors (Lipinski definition) is 3. The maximum Gasteiger partial charge on any atom is 0.0964 e. The minimum Gasteiger partial charge on any atom is -0.396 e. The van der Waals surface area contributed by atoms with Crippen LogP contribution in [0.2, 0.25) is 0 Å². The van der Waals surface area contributed by atoms with E-state index in [0.717, 1.165) is 19.5 Å². The molecule has 0 saturated heterocycles. The molecule has 3 heteroatoms. The molecule has 1 rings (SSSR count). The maximum absolute atomic E-state index is 8.64. The summed E-state index contributed by atoms with van der Waals surface area (Å²) < 4.78 is 0. The fourth-order valence-corrected chi connectivity index (χ4v) is 5.41. The van der Waals surface area contributed by atoms with Crippen LogP contribution >= 0.6 is 0 Å². The molecule has 0 bridgehead atoms. The van der Waals surface area contributed by atoms with Crippen molar-refractivity contribution in [2.75, 3.05) is 19.7 Å². The van der Waals surface area contributed by atoms with Gasteiger partial charge in [0, 0.05) is 19.6 Å². The molecule has 1 aliphatic heterocycles. The lowest BCUT2D eigenvalue weighted by Gasteiger charge is -2.04. The number of aliphatic hydroxyl groups excluding tert-OH is 1. The Hall–Kier alpha value is -0.570. The van der Waals surface area contributed by atoms with Gasteiger partial charge in [-0.3, -0.25) is 4.99 Å². The number of hydrogen-bond donors (Lipinski definition) is 2. The molecule has 0 atom stereocenters. The molecule has 0 unspecified atom stereocenters. The minimum atomic E-state index is 0.373. The summed E-state index contributed by atoms with van der Waals surface area (Å²) in [7, 11) is 0. The van der Waals surface area contributed by atoms with Gasteiger partial charge in [-0.25, -0.2) is 0 Å². The van der Waals surface area contributed by atoms with Gasteiger partial charge < -0.3 is 10.4 Å². The maximum atomic E-state index is 8.64. The van der Waals surface area contributed by atoms with Gasteiger partial charge in [-0.15, -0.1) is 0 Å². The fraction of sp³-hybridized carbons (Fsp3) is 0.973. The van der Waals surface area contributed by atoms with E-state index in [1.807, 2.05) is 13.8 Å². The summed E-state index contributed by atoms with van der Waals surface area (Å²) in [6, 6.07) is 0. The van der Waals surface area contributed by atoms with E-state index in [4.69, 9.17) is 5.11 Å². The molecule has 242 valence electrons. The molecule has 0 aromatic heterocycles. The van der Waals surface area contributed by atoms with Gasteiger partial charge in [0.25, 0.3) is 0 Å². The molecule has 0 saturated carbocycles. The van der Waals surface area contributed by atoms with Crippen molar-refractivity contribution in [1.82, 2.24) is 5.32 Å². The van der Waals surface area contributed by atoms with Crippen LogP contribution in [0.5, 0.6) is 0 Å². The second-order valence-electron chi connectivity index (χ2n) is 11.9. The molecule has 0 aliphatic carbocycles. The van der Waals surface area contributed by atoms with Crippen LogP contribution in [-0.4, -0.2) is 30.6 Å². The molecule has 0 fully saturated rings. The minimum absolute atomic E-state index is 0.373. The van der Waals surface area contributed by atoms with Gasteiger partial charge in [0.2, 0.25) is 0 Å². The highest BCUT2D eigenvalue weighted by atomic mass is 16.2. The summed E-state index contributed by atoms with van der Waals surface area (Å²) in [6.45, 7) is 11.0. The van der Waals surface area contributed by atoms with Gasteiger partial charge in [-0.2, -0.15) is 0 Å². The fourth-order valence-electron chi connectivity index (χ4n) is 5.41. The molecule has 1 heterocycles. The smallest absolute Gasteiger partial charge is 0.0964 e. The van der Waals surface area contributed by atoms with Gasteiger partial charge in [-0.05, 0) is 12.8 Å². The zero-order valence-corrected chi connectivity index (χ0v) is 28.5. The highest BCUT2D eigenvalue weighted by Crippen LogP contribution is 2.14. The van der Waals surface area contributed by atoms with E-state index in [1.54, 1.807) is 0 Å². The second kappa shape index (κ2) is 40.6. The van der Waals surface area contributed by atoms with Crippen molar-refractivity contribution in [2.45, 2.75) is 214 Å². The van der Waals surface area contributed by atoms with Crippen molar-refractivity contribution in [3.8, 4) is 0 Å². The summed E-state index contributed by atoms with van der Waals surface area (Å²) in [4.78, 5) is 4.44. The van der Waals surface area contributed by atoms with Crippen LogP contribution in [-0.2, 0) is 0 Å². The van der Waals surface area contributed by atoms with E-state index < -0.39 is 0 Å². The molecule has 3 nitrogen and oxygen atoms in total. The molecule has 0 spiro atoms. The van der Waals surface area contributed by atoms with Crippen LogP contribution in [0.1, 0.15) is 214 Å². The number of nitrogens with zero attached hydrogens (tertiary/aromatic N) is 1. The summed E-state index contributed by atoms with van der Waals surface area (Å²) in [6.07, 6.45) is 40.5. The highest BCUT2D eigenvalue weighted by molar-refractivity contribution is 5.83. The Morgan fingerprint density at radius 1 is 0.475 bits per heavy atom. The van der Waals surface area contributed by atoms with Gasteiger partial charge in [0.05, 0.1) is 12.4 Å². The van der Waals surface area contributed by atoms with Crippen LogP contribution in [0.25, 0.3) is 0 Å². The monoisotopic (exact) mass is 567 g/mol. The van der Waals surface area contributed by atoms with E-state index >= 15 is 0 Å². The topological polar surface area (TPSA) is 44.6 Å². The summed E-state index contributed by atoms with van der Waals surface area (Å²) >= 11 is 0. The predicted molar refractivity (Wildman–Crippen MR) is 184 cm³/mol. The van der Waals surface area contributed by atoms with Gasteiger partial charge in [0.1, 0.15) is 0 Å². The Balaban J connectivity index is 0. The lowest BCUT2D eigenvalue weighted by molar-refractivity contribution is 0.282. The molecule has 0 radical (unpaired) electrons. The van der Waals surface area contributed by atoms with Crippen LogP contribution < -0.4 is 5.32 Å². The van der Waals surface area contributed by atoms with Crippen molar-refractivity contribution >= 4 is 5.84 Å². The summed E-state index contributed by atoms with van der Waals surface area (Å²) in [5.74, 6) is 1.26. The molecule has 2 N–H and O–H groups in total. The third-order valence-electron chi connectivity index (χ3n) is 8.02. The van der Waals surface area contributed by atoms with E-state index in [-0.39, 0.29) is 0 Å². The van der Waals surface area contributed by atoms with Crippen molar-refractivity contribution in [2.24, 2.45) is 4.99 Å². The predicted octanol–water partition coefficient (Wildman–Crippen LogP) is 12.3. The Morgan fingerprint density at radius 3 is 1.05 bits per heavy atom. The Bertz CT molecular complexity index is 437. The van der Waals surface area contributed by atoms with E-state index in [1.165, 1.54) is 186 Å². The third-order valence-corrected chi connectivity index (χ3v) is 8.02. The SMILES string of the molecule is CC.CCCCCCCCCCCCCCCCC1=NCCN1.CCCCCCCCCCCCCCCCO. The number of aliphatic imine (C=N–C) groups is 1. The first-order valence-corrected chi connectivity index (χ1v) is 18.7. The first-order chi connectivity index (χ1) is 19.8. The van der Waals surface area contributed by atoms with Crippen molar-refractivity contribution < 1.29 is 5.11 Å². The number of nitrogens with one attached hydrogen (secondary N) is 1. The normalized spacial score (nSPS) is 12.3. The summed E-state index contributed by atoms with van der Waals surface area (Å²) in [5, 5.41) is 12.0. The Kier molecular flexibility index (Phi) is 42.2. The summed E-state index contributed by atoms with van der Waals surface area (Å²) in [5.41, 5.74) is 0. The van der Waals surface area contributed by atoms with E-state index in [2.05, 4.69) is 24.2 Å². The standard InChI is InChI=1S/C19H38N2.C16H34O.C2H6/c1-2-3-4-5-6-7-8-9-10-11-12-13-14-15-16-19-20-17-18-21-19;1-2-3-4-5-6-7-8-9-10-11-12-13-14-15-16-17;1-2/h2-18H2,1H3,(H,20,21);17H,2-16H2,1H3;1-2H3. The lowest BCUT2D eigenvalue weighted by Crippen LogP contribution is -2.17. The molecule has 40 heavy (non-hydrogen) atoms. The Morgan fingerprint density at radius 2 is 0.775 bits per heavy atom. The van der Waals surface area contributed by atoms with Crippen molar-refractivity contribution in [3.05, 3.63) is 0 Å². The van der Waals surface area contributed by atoms with Crippen LogP contribution in [0.15, 0.2) is 4.99 Å². The Labute approximate surface area is 254 Å². The van der Waals surface area contributed by atoms with Gasteiger partial charge >= 0.3 is 0 Å². The van der Waals surface area contributed by atoms with Gasteiger partial charge in [0.15, 0.2) is 0 Å². The molecule has 1 aliphatic rings. The van der Waals surface area contributed by atoms with Crippen molar-refractivity contribution in [1.29, 1.82) is 0 Å². The number of rotatable bonds is 29. The molecule has 0 aromatic carbocycles. The number of aliphatic hydroxyl groups is 1. The number of unbranched alkanes of at least 4 members (excludes halogenated alkanes) is 26. The zero-order chi connectivity index (χ0) is 29.6. The highest BCUT2D eigenvalue weighted by Gasteiger charge is 2.03. The van der Waals surface area contributed by atoms with Gasteiger partial charge in [-0.1, -0.05) is 195 Å². The van der Waals surface area contributed by atoms with E-state index in [9.17, 15) is 0 Å². The molecular formula is C37H78N2O. The molecular weight excluding hydrogens is 488 g/mol.